The number of Topliss-reactive ketones (excluding diaryl/α,β-unsaturated/α-hetero) is 1. The molecule has 23 heavy (non-hydrogen) atoms. The lowest BCUT2D eigenvalue weighted by atomic mass is 9.47. The molecule has 0 heterocycles. The fraction of sp³-hybridized carbons (Fsp3) is 0.750. The molecule has 3 heteroatoms. The van der Waals surface area contributed by atoms with Crippen LogP contribution in [0.2, 0.25) is 0 Å². The number of hydrogen-bond donors (Lipinski definition) is 2. The van der Waals surface area contributed by atoms with Crippen LogP contribution in [0, 0.1) is 28.6 Å². The van der Waals surface area contributed by atoms with Crippen molar-refractivity contribution in [2.75, 3.05) is 6.61 Å². The molecule has 0 unspecified atom stereocenters. The molecule has 4 rings (SSSR count). The number of aliphatic hydroxyl groups excluding tert-OH is 2. The van der Waals surface area contributed by atoms with E-state index in [1.54, 1.807) is 0 Å². The van der Waals surface area contributed by atoms with Crippen molar-refractivity contribution in [1.29, 1.82) is 0 Å². The van der Waals surface area contributed by atoms with Crippen LogP contribution in [0.3, 0.4) is 0 Å². The van der Waals surface area contributed by atoms with E-state index in [0.29, 0.717) is 30.0 Å². The van der Waals surface area contributed by atoms with Crippen molar-refractivity contribution in [3.8, 4) is 0 Å². The highest BCUT2D eigenvalue weighted by atomic mass is 16.3. The molecular formula is C20H28O3. The van der Waals surface area contributed by atoms with Crippen molar-refractivity contribution in [2.45, 2.75) is 58.0 Å². The maximum absolute atomic E-state index is 12.4. The van der Waals surface area contributed by atoms with Gasteiger partial charge in [0.05, 0.1) is 12.7 Å². The Bertz CT molecular complexity index is 592. The molecule has 0 aromatic rings. The summed E-state index contributed by atoms with van der Waals surface area (Å²) in [7, 11) is 0. The molecule has 0 amide bonds. The lowest BCUT2D eigenvalue weighted by Crippen LogP contribution is -2.54. The van der Waals surface area contributed by atoms with E-state index in [4.69, 9.17) is 0 Å². The van der Waals surface area contributed by atoms with E-state index < -0.39 is 6.10 Å². The molecule has 0 aliphatic heterocycles. The Kier molecular flexibility index (Phi) is 3.41. The maximum atomic E-state index is 12.4. The molecule has 3 nitrogen and oxygen atoms in total. The van der Waals surface area contributed by atoms with Gasteiger partial charge in [-0.25, -0.2) is 0 Å². The highest BCUT2D eigenvalue weighted by Crippen LogP contribution is 2.64. The zero-order chi connectivity index (χ0) is 16.4. The van der Waals surface area contributed by atoms with Crippen molar-refractivity contribution in [2.24, 2.45) is 28.6 Å². The first-order valence-corrected chi connectivity index (χ1v) is 9.14. The molecule has 3 saturated carbocycles. The number of ketones is 1. The zero-order valence-electron chi connectivity index (χ0n) is 14.1. The molecule has 0 aromatic carbocycles. The molecule has 2 N–H and O–H groups in total. The third kappa shape index (κ3) is 1.93. The van der Waals surface area contributed by atoms with E-state index in [-0.39, 0.29) is 17.4 Å². The van der Waals surface area contributed by atoms with Crippen LogP contribution in [0.25, 0.3) is 0 Å². The second-order valence-corrected chi connectivity index (χ2v) is 8.61. The van der Waals surface area contributed by atoms with Gasteiger partial charge in [0.15, 0.2) is 0 Å². The summed E-state index contributed by atoms with van der Waals surface area (Å²) in [6, 6.07) is 0. The average molecular weight is 316 g/mol. The van der Waals surface area contributed by atoms with Gasteiger partial charge < -0.3 is 10.2 Å². The van der Waals surface area contributed by atoms with E-state index in [2.05, 4.69) is 13.5 Å². The molecule has 0 spiro atoms. The van der Waals surface area contributed by atoms with E-state index >= 15 is 0 Å². The van der Waals surface area contributed by atoms with Gasteiger partial charge in [0.25, 0.3) is 0 Å². The predicted molar refractivity (Wildman–Crippen MR) is 88.7 cm³/mol. The Morgan fingerprint density at radius 3 is 2.78 bits per heavy atom. The molecule has 0 saturated heterocycles. The largest absolute Gasteiger partial charge is 0.395 e. The number of carbonyl (C=O) groups excluding carboxylic acids is 1. The summed E-state index contributed by atoms with van der Waals surface area (Å²) in [5.41, 5.74) is 1.68. The van der Waals surface area contributed by atoms with Crippen LogP contribution in [0.4, 0.5) is 0 Å². The molecule has 126 valence electrons. The smallest absolute Gasteiger partial charge is 0.139 e. The summed E-state index contributed by atoms with van der Waals surface area (Å²) in [4.78, 5) is 12.4. The zero-order valence-corrected chi connectivity index (χ0v) is 14.1. The fourth-order valence-corrected chi connectivity index (χ4v) is 6.53. The van der Waals surface area contributed by atoms with Gasteiger partial charge in [0, 0.05) is 17.3 Å². The van der Waals surface area contributed by atoms with Crippen LogP contribution < -0.4 is 0 Å². The SMILES string of the molecule is C=C1C=C2CC[C@@H]3[C@H](CC[C@]4(C)C(=O)CC[C@@H]34)[C@@]2(CO)C[C@@H]1O. The average Bonchev–Trinajstić information content (AvgIpc) is 2.84. The van der Waals surface area contributed by atoms with Crippen molar-refractivity contribution in [3.63, 3.8) is 0 Å². The Labute approximate surface area is 138 Å². The van der Waals surface area contributed by atoms with Crippen molar-refractivity contribution in [3.05, 3.63) is 23.8 Å². The van der Waals surface area contributed by atoms with Gasteiger partial charge >= 0.3 is 0 Å². The fourth-order valence-electron chi connectivity index (χ4n) is 6.53. The first-order chi connectivity index (χ1) is 10.9. The minimum atomic E-state index is -0.539. The third-order valence-corrected chi connectivity index (χ3v) is 7.87. The summed E-state index contributed by atoms with van der Waals surface area (Å²) < 4.78 is 0. The summed E-state index contributed by atoms with van der Waals surface area (Å²) >= 11 is 0. The van der Waals surface area contributed by atoms with Crippen LogP contribution in [-0.2, 0) is 4.79 Å². The van der Waals surface area contributed by atoms with Gasteiger partial charge in [0.1, 0.15) is 5.78 Å². The molecular weight excluding hydrogens is 288 g/mol. The number of carbonyl (C=O) groups is 1. The highest BCUT2D eigenvalue weighted by molar-refractivity contribution is 5.87. The van der Waals surface area contributed by atoms with E-state index in [0.717, 1.165) is 44.1 Å². The van der Waals surface area contributed by atoms with Crippen molar-refractivity contribution >= 4 is 5.78 Å². The quantitative estimate of drug-likeness (QED) is 0.782. The number of aliphatic hydroxyl groups is 2. The molecule has 6 atom stereocenters. The van der Waals surface area contributed by atoms with E-state index in [1.807, 2.05) is 6.08 Å². The topological polar surface area (TPSA) is 57.5 Å². The summed E-state index contributed by atoms with van der Waals surface area (Å²) in [5, 5.41) is 20.7. The first-order valence-electron chi connectivity index (χ1n) is 9.14. The van der Waals surface area contributed by atoms with Crippen LogP contribution in [0.15, 0.2) is 23.8 Å². The second kappa shape index (κ2) is 5.03. The molecule has 0 bridgehead atoms. The Hall–Kier alpha value is -0.930. The minimum Gasteiger partial charge on any atom is -0.395 e. The van der Waals surface area contributed by atoms with Crippen LogP contribution in [-0.4, -0.2) is 28.7 Å². The standard InChI is InChI=1S/C20H28O3/c1-12-9-13-3-4-14-15-5-6-18(23)19(15,2)8-7-16(14)20(13,11-21)10-17(12)22/h9,14-17,21-22H,1,3-8,10-11H2,2H3/t14-,15-,16-,17-,19-,20+/m0/s1. The maximum Gasteiger partial charge on any atom is 0.139 e. The molecule has 0 aromatic heterocycles. The normalized spacial score (nSPS) is 49.3. The first kappa shape index (κ1) is 15.6. The van der Waals surface area contributed by atoms with Crippen LogP contribution in [0.5, 0.6) is 0 Å². The Morgan fingerprint density at radius 2 is 2.04 bits per heavy atom. The summed E-state index contributed by atoms with van der Waals surface area (Å²) in [6.45, 7) is 6.27. The Balaban J connectivity index is 1.74. The monoisotopic (exact) mass is 316 g/mol. The second-order valence-electron chi connectivity index (χ2n) is 8.61. The molecule has 3 fully saturated rings. The van der Waals surface area contributed by atoms with Gasteiger partial charge in [0.2, 0.25) is 0 Å². The molecule has 0 radical (unpaired) electrons. The lowest BCUT2D eigenvalue weighted by molar-refractivity contribution is -0.134. The van der Waals surface area contributed by atoms with Gasteiger partial charge in [-0.2, -0.15) is 0 Å². The van der Waals surface area contributed by atoms with E-state index in [9.17, 15) is 15.0 Å². The van der Waals surface area contributed by atoms with Gasteiger partial charge in [-0.05, 0) is 61.9 Å². The highest BCUT2D eigenvalue weighted by Gasteiger charge is 2.60. The number of fused-ring (bicyclic) bond motifs is 5. The van der Waals surface area contributed by atoms with Gasteiger partial charge in [-0.3, -0.25) is 4.79 Å². The summed E-state index contributed by atoms with van der Waals surface area (Å²) in [5.74, 6) is 1.85. The predicted octanol–water partition coefficient (Wildman–Crippen LogP) is 3.02. The molecule has 4 aliphatic carbocycles. The Morgan fingerprint density at radius 1 is 1.26 bits per heavy atom. The van der Waals surface area contributed by atoms with Crippen LogP contribution in [0.1, 0.15) is 51.9 Å². The van der Waals surface area contributed by atoms with Crippen molar-refractivity contribution < 1.29 is 15.0 Å². The third-order valence-electron chi connectivity index (χ3n) is 7.87. The number of hydrogen-bond acceptors (Lipinski definition) is 3. The van der Waals surface area contributed by atoms with Gasteiger partial charge in [-0.1, -0.05) is 25.2 Å². The van der Waals surface area contributed by atoms with Gasteiger partial charge in [-0.15, -0.1) is 0 Å². The summed E-state index contributed by atoms with van der Waals surface area (Å²) in [6.07, 6.45) is 7.92. The minimum absolute atomic E-state index is 0.113. The lowest BCUT2D eigenvalue weighted by Gasteiger charge is -2.58. The van der Waals surface area contributed by atoms with E-state index in [1.165, 1.54) is 5.57 Å². The number of rotatable bonds is 1. The molecule has 4 aliphatic rings. The van der Waals surface area contributed by atoms with Crippen LogP contribution >= 0.6 is 0 Å². The van der Waals surface area contributed by atoms with Crippen molar-refractivity contribution in [1.82, 2.24) is 0 Å².